The van der Waals surface area contributed by atoms with Crippen molar-refractivity contribution in [2.45, 2.75) is 5.22 Å². The number of aromatic amines is 1. The molecule has 0 amide bonds. The fraction of sp³-hybridized carbons (Fsp3) is 0.0435. The number of phenolic OH excluding ortho intramolecular Hbond substituents is 2. The van der Waals surface area contributed by atoms with Crippen LogP contribution < -0.4 is 0 Å². The summed E-state index contributed by atoms with van der Waals surface area (Å²) in [5, 5.41) is 27.2. The highest BCUT2D eigenvalue weighted by atomic mass is 32.2. The average molecular weight is 444 g/mol. The number of Topliss-reactive ketones (excluding diaryl/α,β-unsaturated/α-hetero) is 1. The van der Waals surface area contributed by atoms with Crippen molar-refractivity contribution in [1.29, 1.82) is 0 Å². The molecule has 0 aliphatic heterocycles. The lowest BCUT2D eigenvalue weighted by molar-refractivity contribution is 0.102. The summed E-state index contributed by atoms with van der Waals surface area (Å²) < 4.78 is 5.67. The molecule has 2 heterocycles. The Morgan fingerprint density at radius 3 is 2.50 bits per heavy atom. The molecule has 0 unspecified atom stereocenters. The second-order valence-corrected chi connectivity index (χ2v) is 7.89. The molecule has 0 atom stereocenters. The normalized spacial score (nSPS) is 11.1. The van der Waals surface area contributed by atoms with Gasteiger partial charge in [-0.1, -0.05) is 36.0 Å². The zero-order valence-electron chi connectivity index (χ0n) is 16.5. The number of hydrogen-bond acceptors (Lipinski definition) is 8. The van der Waals surface area contributed by atoms with E-state index < -0.39 is 0 Å². The number of para-hydroxylation sites is 2. The van der Waals surface area contributed by atoms with Crippen LogP contribution in [0.25, 0.3) is 33.9 Å². The molecule has 0 bridgehead atoms. The summed E-state index contributed by atoms with van der Waals surface area (Å²) in [5.74, 6) is 0.322. The third-order valence-corrected chi connectivity index (χ3v) is 5.64. The predicted molar refractivity (Wildman–Crippen MR) is 120 cm³/mol. The molecule has 5 rings (SSSR count). The van der Waals surface area contributed by atoms with Crippen molar-refractivity contribution in [1.82, 2.24) is 20.2 Å². The van der Waals surface area contributed by atoms with Crippen molar-refractivity contribution in [3.8, 4) is 34.3 Å². The first-order valence-electron chi connectivity index (χ1n) is 9.64. The summed E-state index contributed by atoms with van der Waals surface area (Å²) in [5.41, 5.74) is 3.85. The van der Waals surface area contributed by atoms with Crippen molar-refractivity contribution in [3.63, 3.8) is 0 Å². The van der Waals surface area contributed by atoms with Gasteiger partial charge < -0.3 is 19.6 Å². The first-order valence-corrected chi connectivity index (χ1v) is 10.6. The molecule has 0 saturated heterocycles. The number of nitrogens with zero attached hydrogens (tertiary/aromatic N) is 3. The zero-order valence-corrected chi connectivity index (χ0v) is 17.3. The second-order valence-electron chi connectivity index (χ2n) is 6.97. The number of phenols is 2. The lowest BCUT2D eigenvalue weighted by Gasteiger charge is -2.01. The van der Waals surface area contributed by atoms with Crippen molar-refractivity contribution in [3.05, 3.63) is 72.3 Å². The molecular weight excluding hydrogens is 428 g/mol. The van der Waals surface area contributed by atoms with Gasteiger partial charge in [-0.25, -0.2) is 4.98 Å². The molecular formula is C23H16N4O4S. The summed E-state index contributed by atoms with van der Waals surface area (Å²) in [7, 11) is 0. The van der Waals surface area contributed by atoms with Crippen molar-refractivity contribution in [2.75, 3.05) is 5.75 Å². The van der Waals surface area contributed by atoms with Gasteiger partial charge in [-0.15, -0.1) is 10.2 Å². The van der Waals surface area contributed by atoms with Gasteiger partial charge in [-0.05, 0) is 42.5 Å². The number of hydrogen-bond donors (Lipinski definition) is 3. The highest BCUT2D eigenvalue weighted by Crippen LogP contribution is 2.28. The first-order chi connectivity index (χ1) is 15.6. The third-order valence-electron chi connectivity index (χ3n) is 4.83. The Balaban J connectivity index is 1.27. The van der Waals surface area contributed by atoms with Crippen LogP contribution in [0.2, 0.25) is 0 Å². The Hall–Kier alpha value is -4.11. The highest BCUT2D eigenvalue weighted by Gasteiger charge is 2.14. The third kappa shape index (κ3) is 3.93. The minimum absolute atomic E-state index is 0.0524. The van der Waals surface area contributed by atoms with Crippen LogP contribution in [-0.2, 0) is 0 Å². The van der Waals surface area contributed by atoms with Gasteiger partial charge >= 0.3 is 0 Å². The Morgan fingerprint density at radius 1 is 0.938 bits per heavy atom. The number of benzene rings is 3. The zero-order chi connectivity index (χ0) is 22.1. The molecule has 32 heavy (non-hydrogen) atoms. The molecule has 0 aliphatic rings. The number of nitrogens with one attached hydrogen (secondary N) is 1. The summed E-state index contributed by atoms with van der Waals surface area (Å²) in [4.78, 5) is 20.2. The first kappa shape index (κ1) is 19.8. The van der Waals surface area contributed by atoms with Crippen molar-refractivity contribution < 1.29 is 19.4 Å². The maximum atomic E-state index is 12.3. The average Bonchev–Trinajstić information content (AvgIpc) is 3.46. The fourth-order valence-corrected chi connectivity index (χ4v) is 3.81. The quantitative estimate of drug-likeness (QED) is 0.196. The Labute approximate surface area is 186 Å². The molecule has 9 heteroatoms. The summed E-state index contributed by atoms with van der Waals surface area (Å²) in [6.07, 6.45) is 0. The van der Waals surface area contributed by atoms with E-state index in [1.165, 1.54) is 18.2 Å². The minimum Gasteiger partial charge on any atom is -0.504 e. The SMILES string of the molecule is O=C(CSc1nnc(-c2ccc(-c3nc4ccccc4[nH]3)cc2)o1)c1ccc(O)c(O)c1. The van der Waals surface area contributed by atoms with Gasteiger partial charge in [-0.2, -0.15) is 0 Å². The van der Waals surface area contributed by atoms with Crippen LogP contribution in [0.4, 0.5) is 0 Å². The van der Waals surface area contributed by atoms with Gasteiger partial charge in [0.15, 0.2) is 17.3 Å². The second kappa shape index (κ2) is 8.20. The lowest BCUT2D eigenvalue weighted by Crippen LogP contribution is -2.01. The van der Waals surface area contributed by atoms with E-state index in [2.05, 4.69) is 20.2 Å². The number of aromatic nitrogens is 4. The molecule has 8 nitrogen and oxygen atoms in total. The van der Waals surface area contributed by atoms with Crippen molar-refractivity contribution in [2.24, 2.45) is 0 Å². The molecule has 3 N–H and O–H groups in total. The van der Waals surface area contributed by atoms with Gasteiger partial charge in [0.05, 0.1) is 16.8 Å². The Bertz CT molecular complexity index is 1390. The van der Waals surface area contributed by atoms with Gasteiger partial charge in [0.2, 0.25) is 5.89 Å². The summed E-state index contributed by atoms with van der Waals surface area (Å²) in [6, 6.07) is 19.4. The molecule has 158 valence electrons. The number of ketones is 1. The van der Waals surface area contributed by atoms with Gasteiger partial charge in [0, 0.05) is 16.7 Å². The standard InChI is InChI=1S/C23H16N4O4S/c28-18-10-9-15(11-19(18)29)20(30)12-32-23-27-26-22(31-23)14-7-5-13(6-8-14)21-24-16-3-1-2-4-17(16)25-21/h1-11,28-29H,12H2,(H,24,25). The number of carbonyl (C=O) groups is 1. The topological polar surface area (TPSA) is 125 Å². The van der Waals surface area contributed by atoms with E-state index in [-0.39, 0.29) is 33.8 Å². The number of imidazole rings is 1. The maximum absolute atomic E-state index is 12.3. The van der Waals surface area contributed by atoms with Gasteiger partial charge in [0.1, 0.15) is 5.82 Å². The monoisotopic (exact) mass is 444 g/mol. The summed E-state index contributed by atoms with van der Waals surface area (Å²) in [6.45, 7) is 0. The molecule has 3 aromatic carbocycles. The molecule has 0 saturated carbocycles. The Morgan fingerprint density at radius 2 is 1.72 bits per heavy atom. The van der Waals surface area contributed by atoms with E-state index in [1.807, 2.05) is 48.5 Å². The van der Waals surface area contributed by atoms with Crippen LogP contribution in [0.15, 0.2) is 76.4 Å². The lowest BCUT2D eigenvalue weighted by atomic mass is 10.1. The number of fused-ring (bicyclic) bond motifs is 1. The maximum Gasteiger partial charge on any atom is 0.277 e. The molecule has 5 aromatic rings. The van der Waals surface area contributed by atoms with E-state index in [4.69, 9.17) is 4.42 Å². The van der Waals surface area contributed by atoms with E-state index in [0.717, 1.165) is 39.7 Å². The molecule has 0 radical (unpaired) electrons. The predicted octanol–water partition coefficient (Wildman–Crippen LogP) is 4.67. The number of thioether (sulfide) groups is 1. The van der Waals surface area contributed by atoms with Crippen LogP contribution in [0.5, 0.6) is 11.5 Å². The van der Waals surface area contributed by atoms with Crippen molar-refractivity contribution >= 4 is 28.6 Å². The van der Waals surface area contributed by atoms with Gasteiger partial charge in [-0.3, -0.25) is 4.79 Å². The van der Waals surface area contributed by atoms with E-state index in [9.17, 15) is 15.0 Å². The van der Waals surface area contributed by atoms with Crippen LogP contribution in [0, 0.1) is 0 Å². The number of aromatic hydroxyl groups is 2. The molecule has 0 spiro atoms. The minimum atomic E-state index is -0.341. The number of H-pyrrole nitrogens is 1. The van der Waals surface area contributed by atoms with Crippen LogP contribution >= 0.6 is 11.8 Å². The molecule has 2 aromatic heterocycles. The smallest absolute Gasteiger partial charge is 0.277 e. The van der Waals surface area contributed by atoms with Crippen LogP contribution in [0.3, 0.4) is 0 Å². The number of rotatable bonds is 6. The van der Waals surface area contributed by atoms with Crippen LogP contribution in [-0.4, -0.2) is 41.9 Å². The van der Waals surface area contributed by atoms with E-state index >= 15 is 0 Å². The molecule has 0 fully saturated rings. The Kier molecular flexibility index (Phi) is 5.08. The highest BCUT2D eigenvalue weighted by molar-refractivity contribution is 7.99. The fourth-order valence-electron chi connectivity index (χ4n) is 3.15. The van der Waals surface area contributed by atoms with Gasteiger partial charge in [0.25, 0.3) is 5.22 Å². The van der Waals surface area contributed by atoms with E-state index in [1.54, 1.807) is 0 Å². The molecule has 0 aliphatic carbocycles. The largest absolute Gasteiger partial charge is 0.504 e. The van der Waals surface area contributed by atoms with Crippen LogP contribution in [0.1, 0.15) is 10.4 Å². The van der Waals surface area contributed by atoms with E-state index in [0.29, 0.717) is 5.89 Å². The number of carbonyl (C=O) groups excluding carboxylic acids is 1. The summed E-state index contributed by atoms with van der Waals surface area (Å²) >= 11 is 1.10.